The van der Waals surface area contributed by atoms with Crippen LogP contribution >= 0.6 is 0 Å². The van der Waals surface area contributed by atoms with Crippen molar-refractivity contribution in [3.63, 3.8) is 0 Å². The number of benzene rings is 1. The molecule has 0 aromatic heterocycles. The Balaban J connectivity index is 2.04. The Morgan fingerprint density at radius 1 is 1.29 bits per heavy atom. The standard InChI is InChI=1S/C16H20FNO3/c1-10(12-3-5-13(17)6-4-12)9-15(19)18(14-7-8-14)11(2)16(20)21/h3-6,10-11,14H,7-9H2,1-2H3,(H,20,21). The van der Waals surface area contributed by atoms with E-state index in [1.54, 1.807) is 19.1 Å². The second-order valence-electron chi connectivity index (χ2n) is 5.70. The first-order valence-electron chi connectivity index (χ1n) is 7.19. The largest absolute Gasteiger partial charge is 0.480 e. The molecule has 1 aliphatic rings. The zero-order valence-corrected chi connectivity index (χ0v) is 12.3. The highest BCUT2D eigenvalue weighted by atomic mass is 19.1. The van der Waals surface area contributed by atoms with Gasteiger partial charge in [-0.05, 0) is 43.4 Å². The first kappa shape index (κ1) is 15.5. The summed E-state index contributed by atoms with van der Waals surface area (Å²) in [7, 11) is 0. The lowest BCUT2D eigenvalue weighted by atomic mass is 9.97. The molecule has 21 heavy (non-hydrogen) atoms. The Labute approximate surface area is 123 Å². The summed E-state index contributed by atoms with van der Waals surface area (Å²) in [5.74, 6) is -1.51. The van der Waals surface area contributed by atoms with Gasteiger partial charge in [0.15, 0.2) is 0 Å². The number of carbonyl (C=O) groups is 2. The van der Waals surface area contributed by atoms with E-state index < -0.39 is 12.0 Å². The Morgan fingerprint density at radius 2 is 1.86 bits per heavy atom. The molecule has 0 radical (unpaired) electrons. The van der Waals surface area contributed by atoms with Gasteiger partial charge in [-0.2, -0.15) is 0 Å². The molecule has 1 fully saturated rings. The zero-order valence-electron chi connectivity index (χ0n) is 12.3. The van der Waals surface area contributed by atoms with Gasteiger partial charge >= 0.3 is 5.97 Å². The molecule has 1 aromatic carbocycles. The van der Waals surface area contributed by atoms with Gasteiger partial charge in [-0.15, -0.1) is 0 Å². The molecule has 0 bridgehead atoms. The molecule has 2 atom stereocenters. The van der Waals surface area contributed by atoms with Crippen molar-refractivity contribution >= 4 is 11.9 Å². The molecular weight excluding hydrogens is 273 g/mol. The summed E-state index contributed by atoms with van der Waals surface area (Å²) in [4.78, 5) is 25.0. The maximum atomic E-state index is 12.9. The zero-order chi connectivity index (χ0) is 15.6. The second kappa shape index (κ2) is 6.24. The van der Waals surface area contributed by atoms with Crippen LogP contribution in [0.15, 0.2) is 24.3 Å². The number of nitrogens with zero attached hydrogens (tertiary/aromatic N) is 1. The number of hydrogen-bond acceptors (Lipinski definition) is 2. The van der Waals surface area contributed by atoms with Gasteiger partial charge < -0.3 is 10.0 Å². The topological polar surface area (TPSA) is 57.6 Å². The van der Waals surface area contributed by atoms with E-state index in [0.717, 1.165) is 18.4 Å². The highest BCUT2D eigenvalue weighted by Crippen LogP contribution is 2.31. The van der Waals surface area contributed by atoms with E-state index in [1.165, 1.54) is 17.0 Å². The molecule has 0 saturated heterocycles. The van der Waals surface area contributed by atoms with Crippen LogP contribution in [0.3, 0.4) is 0 Å². The predicted molar refractivity (Wildman–Crippen MR) is 76.4 cm³/mol. The summed E-state index contributed by atoms with van der Waals surface area (Å²) < 4.78 is 12.9. The first-order valence-corrected chi connectivity index (χ1v) is 7.19. The predicted octanol–water partition coefficient (Wildman–Crippen LogP) is 2.78. The number of rotatable bonds is 6. The quantitative estimate of drug-likeness (QED) is 0.877. The number of amides is 1. The van der Waals surface area contributed by atoms with Gasteiger partial charge in [-0.1, -0.05) is 19.1 Å². The van der Waals surface area contributed by atoms with Crippen LogP contribution in [0, 0.1) is 5.82 Å². The molecule has 4 nitrogen and oxygen atoms in total. The van der Waals surface area contributed by atoms with Crippen molar-refractivity contribution in [1.29, 1.82) is 0 Å². The fraction of sp³-hybridized carbons (Fsp3) is 0.500. The lowest BCUT2D eigenvalue weighted by molar-refractivity contribution is -0.150. The van der Waals surface area contributed by atoms with E-state index in [4.69, 9.17) is 5.11 Å². The van der Waals surface area contributed by atoms with Crippen LogP contribution < -0.4 is 0 Å². The minimum atomic E-state index is -0.982. The molecule has 1 saturated carbocycles. The Kier molecular flexibility index (Phi) is 4.60. The molecule has 114 valence electrons. The maximum absolute atomic E-state index is 12.9. The van der Waals surface area contributed by atoms with Crippen LogP contribution in [-0.2, 0) is 9.59 Å². The highest BCUT2D eigenvalue weighted by Gasteiger charge is 2.38. The summed E-state index contributed by atoms with van der Waals surface area (Å²) in [6.07, 6.45) is 1.97. The Morgan fingerprint density at radius 3 is 2.33 bits per heavy atom. The van der Waals surface area contributed by atoms with Crippen LogP contribution in [-0.4, -0.2) is 34.0 Å². The number of hydrogen-bond donors (Lipinski definition) is 1. The van der Waals surface area contributed by atoms with Gasteiger partial charge in [0.05, 0.1) is 0 Å². The average molecular weight is 293 g/mol. The first-order chi connectivity index (χ1) is 9.90. The molecule has 2 unspecified atom stereocenters. The molecule has 1 aromatic rings. The van der Waals surface area contributed by atoms with Crippen LogP contribution in [0.1, 0.15) is 44.6 Å². The number of carboxylic acids is 1. The van der Waals surface area contributed by atoms with Crippen molar-refractivity contribution in [3.05, 3.63) is 35.6 Å². The highest BCUT2D eigenvalue weighted by molar-refractivity contribution is 5.84. The van der Waals surface area contributed by atoms with Gasteiger partial charge in [-0.25, -0.2) is 9.18 Å². The van der Waals surface area contributed by atoms with E-state index in [0.29, 0.717) is 0 Å². The molecule has 0 aliphatic heterocycles. The van der Waals surface area contributed by atoms with Crippen molar-refractivity contribution in [3.8, 4) is 0 Å². The summed E-state index contributed by atoms with van der Waals surface area (Å²) in [5, 5.41) is 9.12. The van der Waals surface area contributed by atoms with E-state index >= 15 is 0 Å². The summed E-state index contributed by atoms with van der Waals surface area (Å²) in [6.45, 7) is 3.43. The SMILES string of the molecule is CC(CC(=O)N(C1CC1)C(C)C(=O)O)c1ccc(F)cc1. The number of aliphatic carboxylic acids is 1. The minimum absolute atomic E-state index is 0.0593. The van der Waals surface area contributed by atoms with Crippen LogP contribution in [0.4, 0.5) is 4.39 Å². The molecule has 5 heteroatoms. The average Bonchev–Trinajstić information content (AvgIpc) is 3.24. The third-order valence-corrected chi connectivity index (χ3v) is 3.92. The van der Waals surface area contributed by atoms with Crippen molar-refractivity contribution in [2.45, 2.75) is 51.1 Å². The lowest BCUT2D eigenvalue weighted by Crippen LogP contribution is -2.45. The van der Waals surface area contributed by atoms with Gasteiger partial charge in [0.25, 0.3) is 0 Å². The van der Waals surface area contributed by atoms with E-state index in [9.17, 15) is 14.0 Å². The summed E-state index contributed by atoms with van der Waals surface area (Å²) in [6, 6.07) is 5.32. The molecular formula is C16H20FNO3. The van der Waals surface area contributed by atoms with Crippen LogP contribution in [0.5, 0.6) is 0 Å². The van der Waals surface area contributed by atoms with Crippen molar-refractivity contribution in [2.75, 3.05) is 0 Å². The lowest BCUT2D eigenvalue weighted by Gasteiger charge is -2.27. The molecule has 2 rings (SSSR count). The van der Waals surface area contributed by atoms with Gasteiger partial charge in [0, 0.05) is 12.5 Å². The number of carbonyl (C=O) groups excluding carboxylic acids is 1. The maximum Gasteiger partial charge on any atom is 0.326 e. The van der Waals surface area contributed by atoms with Crippen molar-refractivity contribution < 1.29 is 19.1 Å². The monoisotopic (exact) mass is 293 g/mol. The van der Waals surface area contributed by atoms with Gasteiger partial charge in [-0.3, -0.25) is 4.79 Å². The normalized spacial score (nSPS) is 17.1. The fourth-order valence-corrected chi connectivity index (χ4v) is 2.48. The summed E-state index contributed by atoms with van der Waals surface area (Å²) in [5.41, 5.74) is 0.878. The summed E-state index contributed by atoms with van der Waals surface area (Å²) >= 11 is 0. The molecule has 1 N–H and O–H groups in total. The van der Waals surface area contributed by atoms with Gasteiger partial charge in [0.1, 0.15) is 11.9 Å². The van der Waals surface area contributed by atoms with E-state index in [2.05, 4.69) is 0 Å². The second-order valence-corrected chi connectivity index (χ2v) is 5.70. The van der Waals surface area contributed by atoms with Crippen LogP contribution in [0.2, 0.25) is 0 Å². The Bertz CT molecular complexity index is 525. The van der Waals surface area contributed by atoms with Crippen LogP contribution in [0.25, 0.3) is 0 Å². The Hall–Kier alpha value is -1.91. The third kappa shape index (κ3) is 3.80. The van der Waals surface area contributed by atoms with E-state index in [1.807, 2.05) is 6.92 Å². The molecule has 1 amide bonds. The molecule has 0 heterocycles. The third-order valence-electron chi connectivity index (χ3n) is 3.92. The van der Waals surface area contributed by atoms with Crippen molar-refractivity contribution in [1.82, 2.24) is 4.90 Å². The number of halogens is 1. The molecule has 1 aliphatic carbocycles. The fourth-order valence-electron chi connectivity index (χ4n) is 2.48. The number of carboxylic acid groups (broad SMARTS) is 1. The van der Waals surface area contributed by atoms with Gasteiger partial charge in [0.2, 0.25) is 5.91 Å². The molecule has 0 spiro atoms. The van der Waals surface area contributed by atoms with Crippen molar-refractivity contribution in [2.24, 2.45) is 0 Å². The van der Waals surface area contributed by atoms with E-state index in [-0.39, 0.29) is 30.1 Å². The minimum Gasteiger partial charge on any atom is -0.480 e. The smallest absolute Gasteiger partial charge is 0.326 e.